The van der Waals surface area contributed by atoms with Gasteiger partial charge < -0.3 is 20.4 Å². The minimum absolute atomic E-state index is 0.0419. The number of ether oxygens (including phenoxy) is 2. The standard InChI is InChI=1S/C13H19N3O4/c1-9(2)7-20-13(17)15-10-4-3-5-11(6-10)19-8-12(14)16-18/h3-6,9,18H,7-8H2,1-2H3,(H2,14,16)(H,15,17). The van der Waals surface area contributed by atoms with Gasteiger partial charge in [0.05, 0.1) is 6.61 Å². The molecule has 4 N–H and O–H groups in total. The van der Waals surface area contributed by atoms with Gasteiger partial charge in [0.15, 0.2) is 5.84 Å². The van der Waals surface area contributed by atoms with Crippen LogP contribution in [0.25, 0.3) is 0 Å². The number of anilines is 1. The van der Waals surface area contributed by atoms with E-state index in [1.807, 2.05) is 13.8 Å². The number of carbonyl (C=O) groups is 1. The molecule has 0 aliphatic rings. The average molecular weight is 281 g/mol. The predicted octanol–water partition coefficient (Wildman–Crippen LogP) is 2.02. The number of amides is 1. The molecule has 7 nitrogen and oxygen atoms in total. The summed E-state index contributed by atoms with van der Waals surface area (Å²) in [6.45, 7) is 4.22. The molecule has 0 unspecified atom stereocenters. The van der Waals surface area contributed by atoms with Gasteiger partial charge in [-0.25, -0.2) is 4.79 Å². The number of nitrogens with one attached hydrogen (secondary N) is 1. The maximum absolute atomic E-state index is 11.5. The Morgan fingerprint density at radius 3 is 2.90 bits per heavy atom. The van der Waals surface area contributed by atoms with Crippen molar-refractivity contribution in [3.8, 4) is 5.75 Å². The second-order valence-electron chi connectivity index (χ2n) is 4.53. The van der Waals surface area contributed by atoms with Crippen molar-refractivity contribution >= 4 is 17.6 Å². The van der Waals surface area contributed by atoms with Crippen LogP contribution >= 0.6 is 0 Å². The van der Waals surface area contributed by atoms with Gasteiger partial charge in [0.25, 0.3) is 0 Å². The van der Waals surface area contributed by atoms with E-state index in [1.54, 1.807) is 24.3 Å². The van der Waals surface area contributed by atoms with E-state index in [1.165, 1.54) is 0 Å². The fourth-order valence-corrected chi connectivity index (χ4v) is 1.25. The van der Waals surface area contributed by atoms with E-state index >= 15 is 0 Å². The van der Waals surface area contributed by atoms with Crippen LogP contribution in [0.5, 0.6) is 5.75 Å². The van der Waals surface area contributed by atoms with E-state index in [0.29, 0.717) is 18.0 Å². The number of oxime groups is 1. The SMILES string of the molecule is CC(C)COC(=O)Nc1cccc(OC/C(N)=N/O)c1. The highest BCUT2D eigenvalue weighted by atomic mass is 16.5. The second-order valence-corrected chi connectivity index (χ2v) is 4.53. The maximum Gasteiger partial charge on any atom is 0.411 e. The zero-order valence-electron chi connectivity index (χ0n) is 11.5. The molecule has 0 heterocycles. The van der Waals surface area contributed by atoms with Crippen molar-refractivity contribution in [1.29, 1.82) is 0 Å². The molecule has 0 atom stereocenters. The third-order valence-corrected chi connectivity index (χ3v) is 2.14. The van der Waals surface area contributed by atoms with Crippen molar-refractivity contribution in [1.82, 2.24) is 0 Å². The Hall–Kier alpha value is -2.44. The molecular formula is C13H19N3O4. The molecule has 7 heteroatoms. The van der Waals surface area contributed by atoms with E-state index in [4.69, 9.17) is 20.4 Å². The topological polar surface area (TPSA) is 106 Å². The lowest BCUT2D eigenvalue weighted by atomic mass is 10.2. The first-order valence-electron chi connectivity index (χ1n) is 6.14. The molecule has 0 radical (unpaired) electrons. The maximum atomic E-state index is 11.5. The van der Waals surface area contributed by atoms with Crippen LogP contribution in [0, 0.1) is 5.92 Å². The third kappa shape index (κ3) is 5.94. The minimum atomic E-state index is -0.521. The fourth-order valence-electron chi connectivity index (χ4n) is 1.25. The summed E-state index contributed by atoms with van der Waals surface area (Å²) in [5.41, 5.74) is 5.83. The van der Waals surface area contributed by atoms with E-state index < -0.39 is 6.09 Å². The Labute approximate surface area is 117 Å². The molecular weight excluding hydrogens is 262 g/mol. The normalized spacial score (nSPS) is 11.2. The van der Waals surface area contributed by atoms with E-state index in [0.717, 1.165) is 0 Å². The molecule has 0 aliphatic carbocycles. The lowest BCUT2D eigenvalue weighted by Crippen LogP contribution is -2.21. The van der Waals surface area contributed by atoms with E-state index in [-0.39, 0.29) is 18.4 Å². The summed E-state index contributed by atoms with van der Waals surface area (Å²) < 4.78 is 10.3. The van der Waals surface area contributed by atoms with Crippen LogP contribution < -0.4 is 15.8 Å². The van der Waals surface area contributed by atoms with Crippen LogP contribution in [0.3, 0.4) is 0 Å². The smallest absolute Gasteiger partial charge is 0.411 e. The molecule has 0 aromatic heterocycles. The molecule has 1 aromatic rings. The van der Waals surface area contributed by atoms with Gasteiger partial charge in [-0.1, -0.05) is 25.1 Å². The van der Waals surface area contributed by atoms with Crippen LogP contribution in [-0.4, -0.2) is 30.3 Å². The van der Waals surface area contributed by atoms with Crippen molar-refractivity contribution in [3.05, 3.63) is 24.3 Å². The van der Waals surface area contributed by atoms with Gasteiger partial charge in [0, 0.05) is 11.8 Å². The van der Waals surface area contributed by atoms with Crippen molar-refractivity contribution in [2.75, 3.05) is 18.5 Å². The monoisotopic (exact) mass is 281 g/mol. The average Bonchev–Trinajstić information content (AvgIpc) is 2.43. The summed E-state index contributed by atoms with van der Waals surface area (Å²) in [6, 6.07) is 6.71. The number of hydrogen-bond acceptors (Lipinski definition) is 5. The number of benzene rings is 1. The Kier molecular flexibility index (Phi) is 6.15. The van der Waals surface area contributed by atoms with Crippen molar-refractivity contribution in [2.24, 2.45) is 16.8 Å². The number of carbonyl (C=O) groups excluding carboxylic acids is 1. The summed E-state index contributed by atoms with van der Waals surface area (Å²) in [5.74, 6) is 0.717. The quantitative estimate of drug-likeness (QED) is 0.320. The Bertz CT molecular complexity index is 474. The highest BCUT2D eigenvalue weighted by Gasteiger charge is 2.05. The van der Waals surface area contributed by atoms with Crippen LogP contribution in [0.4, 0.5) is 10.5 Å². The van der Waals surface area contributed by atoms with Gasteiger partial charge in [-0.3, -0.25) is 5.32 Å². The van der Waals surface area contributed by atoms with Crippen molar-refractivity contribution < 1.29 is 19.5 Å². The first-order chi connectivity index (χ1) is 9.51. The Morgan fingerprint density at radius 1 is 1.50 bits per heavy atom. The zero-order valence-corrected chi connectivity index (χ0v) is 11.5. The summed E-state index contributed by atoms with van der Waals surface area (Å²) in [6.07, 6.45) is -0.521. The summed E-state index contributed by atoms with van der Waals surface area (Å²) in [7, 11) is 0. The molecule has 0 saturated heterocycles. The number of nitrogens with zero attached hydrogens (tertiary/aromatic N) is 1. The van der Waals surface area contributed by atoms with Gasteiger partial charge in [-0.2, -0.15) is 0 Å². The van der Waals surface area contributed by atoms with Gasteiger partial charge >= 0.3 is 6.09 Å². The highest BCUT2D eigenvalue weighted by molar-refractivity contribution is 5.85. The molecule has 0 bridgehead atoms. The molecule has 110 valence electrons. The number of hydrogen-bond donors (Lipinski definition) is 3. The molecule has 0 aliphatic heterocycles. The molecule has 20 heavy (non-hydrogen) atoms. The van der Waals surface area contributed by atoms with Gasteiger partial charge in [0.1, 0.15) is 12.4 Å². The summed E-state index contributed by atoms with van der Waals surface area (Å²) in [5, 5.41) is 13.8. The predicted molar refractivity (Wildman–Crippen MR) is 75.2 cm³/mol. The first kappa shape index (κ1) is 15.6. The van der Waals surface area contributed by atoms with E-state index in [2.05, 4.69) is 10.5 Å². The van der Waals surface area contributed by atoms with Crippen molar-refractivity contribution in [3.63, 3.8) is 0 Å². The lowest BCUT2D eigenvalue weighted by molar-refractivity contribution is 0.147. The molecule has 0 saturated carbocycles. The summed E-state index contributed by atoms with van der Waals surface area (Å²) in [4.78, 5) is 11.5. The van der Waals surface area contributed by atoms with Crippen LogP contribution in [0.1, 0.15) is 13.8 Å². The van der Waals surface area contributed by atoms with Gasteiger partial charge in [-0.15, -0.1) is 0 Å². The fraction of sp³-hybridized carbons (Fsp3) is 0.385. The number of nitrogens with two attached hydrogens (primary N) is 1. The molecule has 1 amide bonds. The highest BCUT2D eigenvalue weighted by Crippen LogP contribution is 2.17. The largest absolute Gasteiger partial charge is 0.485 e. The number of amidine groups is 1. The van der Waals surface area contributed by atoms with Gasteiger partial charge in [-0.05, 0) is 18.1 Å². The molecule has 0 spiro atoms. The third-order valence-electron chi connectivity index (χ3n) is 2.14. The van der Waals surface area contributed by atoms with Crippen LogP contribution in [0.15, 0.2) is 29.4 Å². The zero-order chi connectivity index (χ0) is 15.0. The van der Waals surface area contributed by atoms with Crippen LogP contribution in [0.2, 0.25) is 0 Å². The van der Waals surface area contributed by atoms with Crippen LogP contribution in [-0.2, 0) is 4.74 Å². The molecule has 0 fully saturated rings. The summed E-state index contributed by atoms with van der Waals surface area (Å²) >= 11 is 0. The first-order valence-corrected chi connectivity index (χ1v) is 6.14. The van der Waals surface area contributed by atoms with Crippen molar-refractivity contribution in [2.45, 2.75) is 13.8 Å². The van der Waals surface area contributed by atoms with E-state index in [9.17, 15) is 4.79 Å². The molecule has 1 rings (SSSR count). The Balaban J connectivity index is 2.53. The number of rotatable bonds is 6. The second kappa shape index (κ2) is 7.88. The molecule has 1 aromatic carbocycles. The Morgan fingerprint density at radius 2 is 2.25 bits per heavy atom. The van der Waals surface area contributed by atoms with Gasteiger partial charge in [0.2, 0.25) is 0 Å². The minimum Gasteiger partial charge on any atom is -0.485 e. The lowest BCUT2D eigenvalue weighted by Gasteiger charge is -2.10.